The van der Waals surface area contributed by atoms with Crippen LogP contribution in [0.1, 0.15) is 29.6 Å². The number of hydrogen-bond donors (Lipinski definition) is 2. The number of esters is 1. The lowest BCUT2D eigenvalue weighted by molar-refractivity contribution is -0.115. The summed E-state index contributed by atoms with van der Waals surface area (Å²) in [6, 6.07) is 15.0. The second kappa shape index (κ2) is 9.07. The topological polar surface area (TPSA) is 70.7 Å². The first kappa shape index (κ1) is 18.8. The molecule has 142 valence electrons. The minimum atomic E-state index is -0.396. The van der Waals surface area contributed by atoms with Crippen molar-refractivity contribution in [3.05, 3.63) is 54.1 Å². The number of methoxy groups -OCH3 is 1. The summed E-state index contributed by atoms with van der Waals surface area (Å²) in [7, 11) is 1.34. The van der Waals surface area contributed by atoms with Crippen molar-refractivity contribution in [3.63, 3.8) is 0 Å². The lowest BCUT2D eigenvalue weighted by Crippen LogP contribution is -2.18. The van der Waals surface area contributed by atoms with E-state index in [-0.39, 0.29) is 5.91 Å². The number of anilines is 3. The van der Waals surface area contributed by atoms with E-state index in [0.717, 1.165) is 18.8 Å². The molecule has 2 aromatic rings. The van der Waals surface area contributed by atoms with Crippen molar-refractivity contribution in [1.82, 2.24) is 0 Å². The third kappa shape index (κ3) is 5.23. The molecule has 0 radical (unpaired) electrons. The van der Waals surface area contributed by atoms with Crippen LogP contribution >= 0.6 is 0 Å². The van der Waals surface area contributed by atoms with Crippen molar-refractivity contribution in [2.24, 2.45) is 0 Å². The Morgan fingerprint density at radius 2 is 1.59 bits per heavy atom. The molecule has 0 atom stereocenters. The van der Waals surface area contributed by atoms with Crippen molar-refractivity contribution < 1.29 is 14.3 Å². The lowest BCUT2D eigenvalue weighted by Gasteiger charge is -2.18. The van der Waals surface area contributed by atoms with Gasteiger partial charge in [0.15, 0.2) is 0 Å². The second-order valence-electron chi connectivity index (χ2n) is 6.53. The molecule has 1 aliphatic heterocycles. The van der Waals surface area contributed by atoms with Crippen LogP contribution < -0.4 is 15.5 Å². The Morgan fingerprint density at radius 1 is 0.963 bits per heavy atom. The van der Waals surface area contributed by atoms with Crippen LogP contribution in [0, 0.1) is 0 Å². The predicted octanol–water partition coefficient (Wildman–Crippen LogP) is 3.51. The first-order valence-corrected chi connectivity index (χ1v) is 9.23. The molecular formula is C21H25N3O3. The smallest absolute Gasteiger partial charge is 0.337 e. The largest absolute Gasteiger partial charge is 0.465 e. The SMILES string of the molecule is COC(=O)c1ccc(NC(=O)CCNc2ccc(N3CCCC3)cc2)cc1. The van der Waals surface area contributed by atoms with Gasteiger partial charge in [-0.3, -0.25) is 4.79 Å². The van der Waals surface area contributed by atoms with Crippen LogP contribution in [0.2, 0.25) is 0 Å². The summed E-state index contributed by atoms with van der Waals surface area (Å²) in [6.45, 7) is 2.82. The highest BCUT2D eigenvalue weighted by molar-refractivity contribution is 5.93. The number of ether oxygens (including phenoxy) is 1. The molecule has 6 heteroatoms. The Balaban J connectivity index is 1.42. The fraction of sp³-hybridized carbons (Fsp3) is 0.333. The maximum absolute atomic E-state index is 12.1. The maximum Gasteiger partial charge on any atom is 0.337 e. The molecule has 0 aromatic heterocycles. The van der Waals surface area contributed by atoms with E-state index < -0.39 is 5.97 Å². The van der Waals surface area contributed by atoms with Gasteiger partial charge < -0.3 is 20.3 Å². The van der Waals surface area contributed by atoms with Crippen molar-refractivity contribution in [2.75, 3.05) is 42.3 Å². The molecule has 1 saturated heterocycles. The molecule has 3 rings (SSSR count). The third-order valence-corrected chi connectivity index (χ3v) is 4.61. The summed E-state index contributed by atoms with van der Waals surface area (Å²) >= 11 is 0. The average Bonchev–Trinajstić information content (AvgIpc) is 3.23. The van der Waals surface area contributed by atoms with E-state index in [4.69, 9.17) is 0 Å². The van der Waals surface area contributed by atoms with Crippen LogP contribution in [-0.2, 0) is 9.53 Å². The third-order valence-electron chi connectivity index (χ3n) is 4.61. The molecule has 1 amide bonds. The number of carbonyl (C=O) groups excluding carboxylic acids is 2. The van der Waals surface area contributed by atoms with Gasteiger partial charge in [-0.05, 0) is 61.4 Å². The number of hydrogen-bond acceptors (Lipinski definition) is 5. The van der Waals surface area contributed by atoms with E-state index in [2.05, 4.69) is 44.5 Å². The van der Waals surface area contributed by atoms with Gasteiger partial charge in [-0.1, -0.05) is 0 Å². The molecule has 0 spiro atoms. The normalized spacial score (nSPS) is 13.3. The average molecular weight is 367 g/mol. The molecule has 6 nitrogen and oxygen atoms in total. The number of nitrogens with one attached hydrogen (secondary N) is 2. The van der Waals surface area contributed by atoms with Crippen LogP contribution in [0.3, 0.4) is 0 Å². The van der Waals surface area contributed by atoms with Gasteiger partial charge in [0.25, 0.3) is 0 Å². The Labute approximate surface area is 159 Å². The van der Waals surface area contributed by atoms with Gasteiger partial charge in [0.1, 0.15) is 0 Å². The van der Waals surface area contributed by atoms with Gasteiger partial charge in [-0.2, -0.15) is 0 Å². The minimum Gasteiger partial charge on any atom is -0.465 e. The zero-order chi connectivity index (χ0) is 19.1. The van der Waals surface area contributed by atoms with Crippen LogP contribution in [-0.4, -0.2) is 38.6 Å². The number of benzene rings is 2. The Hall–Kier alpha value is -3.02. The molecule has 1 aliphatic rings. The van der Waals surface area contributed by atoms with Gasteiger partial charge in [0.2, 0.25) is 5.91 Å². The number of rotatable bonds is 7. The van der Waals surface area contributed by atoms with Crippen LogP contribution in [0.4, 0.5) is 17.1 Å². The summed E-state index contributed by atoms with van der Waals surface area (Å²) in [5, 5.41) is 6.09. The van der Waals surface area contributed by atoms with Crippen molar-refractivity contribution in [1.29, 1.82) is 0 Å². The molecule has 27 heavy (non-hydrogen) atoms. The molecule has 0 saturated carbocycles. The standard InChI is InChI=1S/C21H25N3O3/c1-27-21(26)16-4-6-18(7-5-16)23-20(25)12-13-22-17-8-10-19(11-9-17)24-14-2-3-15-24/h4-11,22H,2-3,12-15H2,1H3,(H,23,25). The van der Waals surface area contributed by atoms with Crippen molar-refractivity contribution in [3.8, 4) is 0 Å². The second-order valence-corrected chi connectivity index (χ2v) is 6.53. The first-order valence-electron chi connectivity index (χ1n) is 9.23. The van der Waals surface area contributed by atoms with Crippen molar-refractivity contribution in [2.45, 2.75) is 19.3 Å². The van der Waals surface area contributed by atoms with Gasteiger partial charge in [0.05, 0.1) is 12.7 Å². The lowest BCUT2D eigenvalue weighted by atomic mass is 10.2. The highest BCUT2D eigenvalue weighted by atomic mass is 16.5. The number of amides is 1. The van der Waals surface area contributed by atoms with E-state index in [0.29, 0.717) is 24.2 Å². The Morgan fingerprint density at radius 3 is 2.22 bits per heavy atom. The van der Waals surface area contributed by atoms with Crippen LogP contribution in [0.5, 0.6) is 0 Å². The molecule has 2 aromatic carbocycles. The molecule has 1 heterocycles. The Bertz CT molecular complexity index is 766. The molecule has 2 N–H and O–H groups in total. The van der Waals surface area contributed by atoms with Gasteiger partial charge in [0, 0.05) is 43.1 Å². The molecular weight excluding hydrogens is 342 g/mol. The molecule has 0 unspecified atom stereocenters. The summed E-state index contributed by atoms with van der Waals surface area (Å²) in [6.07, 6.45) is 2.88. The van der Waals surface area contributed by atoms with E-state index >= 15 is 0 Å². The van der Waals surface area contributed by atoms with E-state index in [1.54, 1.807) is 24.3 Å². The maximum atomic E-state index is 12.1. The minimum absolute atomic E-state index is 0.0815. The quantitative estimate of drug-likeness (QED) is 0.733. The number of carbonyl (C=O) groups is 2. The van der Waals surface area contributed by atoms with Gasteiger partial charge >= 0.3 is 5.97 Å². The predicted molar refractivity (Wildman–Crippen MR) is 107 cm³/mol. The van der Waals surface area contributed by atoms with E-state index in [1.807, 2.05) is 0 Å². The zero-order valence-corrected chi connectivity index (χ0v) is 15.5. The summed E-state index contributed by atoms with van der Waals surface area (Å²) in [5.74, 6) is -0.477. The Kier molecular flexibility index (Phi) is 6.30. The van der Waals surface area contributed by atoms with Crippen LogP contribution in [0.15, 0.2) is 48.5 Å². The highest BCUT2D eigenvalue weighted by Crippen LogP contribution is 2.22. The fourth-order valence-electron chi connectivity index (χ4n) is 3.12. The summed E-state index contributed by atoms with van der Waals surface area (Å²) in [5.41, 5.74) is 3.37. The first-order chi connectivity index (χ1) is 13.2. The fourth-order valence-corrected chi connectivity index (χ4v) is 3.12. The van der Waals surface area contributed by atoms with Gasteiger partial charge in [-0.25, -0.2) is 4.79 Å². The number of nitrogens with zero attached hydrogens (tertiary/aromatic N) is 1. The summed E-state index contributed by atoms with van der Waals surface area (Å²) < 4.78 is 4.65. The monoisotopic (exact) mass is 367 g/mol. The van der Waals surface area contributed by atoms with Crippen molar-refractivity contribution >= 4 is 28.9 Å². The van der Waals surface area contributed by atoms with Crippen LogP contribution in [0.25, 0.3) is 0 Å². The zero-order valence-electron chi connectivity index (χ0n) is 15.5. The summed E-state index contributed by atoms with van der Waals surface area (Å²) in [4.78, 5) is 25.8. The molecule has 1 fully saturated rings. The highest BCUT2D eigenvalue weighted by Gasteiger charge is 2.11. The molecule has 0 aliphatic carbocycles. The van der Waals surface area contributed by atoms with E-state index in [9.17, 15) is 9.59 Å². The van der Waals surface area contributed by atoms with Gasteiger partial charge in [-0.15, -0.1) is 0 Å². The molecule has 0 bridgehead atoms. The van der Waals surface area contributed by atoms with E-state index in [1.165, 1.54) is 25.6 Å².